The molecule has 148 valence electrons. The van der Waals surface area contributed by atoms with Gasteiger partial charge in [-0.1, -0.05) is 6.32 Å². The topological polar surface area (TPSA) is 108 Å². The second-order valence-electron chi connectivity index (χ2n) is 7.18. The lowest BCUT2D eigenvalue weighted by Crippen LogP contribution is -2.47. The van der Waals surface area contributed by atoms with Gasteiger partial charge in [0.1, 0.15) is 0 Å². The molecule has 29 heavy (non-hydrogen) atoms. The van der Waals surface area contributed by atoms with Crippen LogP contribution in [-0.4, -0.2) is 65.4 Å². The van der Waals surface area contributed by atoms with Gasteiger partial charge >= 0.3 is 5.97 Å². The van der Waals surface area contributed by atoms with Gasteiger partial charge in [0.05, 0.1) is 12.2 Å². The van der Waals surface area contributed by atoms with E-state index >= 15 is 0 Å². The highest BCUT2D eigenvalue weighted by molar-refractivity contribution is 6.66. The maximum Gasteiger partial charge on any atom is 0.341 e. The largest absolute Gasteiger partial charge is 0.462 e. The molecule has 4 heterocycles. The molecule has 10 heteroatoms. The van der Waals surface area contributed by atoms with Crippen LogP contribution in [0.5, 0.6) is 0 Å². The van der Waals surface area contributed by atoms with E-state index < -0.39 is 5.97 Å². The highest BCUT2D eigenvalue weighted by Crippen LogP contribution is 2.22. The Labute approximate surface area is 169 Å². The predicted octanol–water partition coefficient (Wildman–Crippen LogP) is 0.965. The van der Waals surface area contributed by atoms with E-state index in [0.717, 1.165) is 62.4 Å². The van der Waals surface area contributed by atoms with Crippen molar-refractivity contribution in [3.63, 3.8) is 0 Å². The molecule has 0 amide bonds. The summed E-state index contributed by atoms with van der Waals surface area (Å²) in [6.07, 6.45) is 7.35. The third-order valence-corrected chi connectivity index (χ3v) is 5.31. The van der Waals surface area contributed by atoms with E-state index in [2.05, 4.69) is 30.7 Å². The molecule has 0 spiro atoms. The number of anilines is 2. The van der Waals surface area contributed by atoms with Crippen LogP contribution in [0.4, 0.5) is 11.9 Å². The lowest BCUT2D eigenvalue weighted by molar-refractivity contribution is 0.0525. The number of rotatable bonds is 4. The normalized spacial score (nSPS) is 16.2. The molecule has 0 N–H and O–H groups in total. The number of nitrogens with zero attached hydrogens (tertiary/aromatic N) is 7. The van der Waals surface area contributed by atoms with Gasteiger partial charge in [-0.05, 0) is 25.2 Å². The molecule has 0 saturated carbocycles. The number of nitriles is 1. The quantitative estimate of drug-likeness (QED) is 0.556. The minimum absolute atomic E-state index is 0.0794. The summed E-state index contributed by atoms with van der Waals surface area (Å²) in [5, 5.41) is 9.12. The summed E-state index contributed by atoms with van der Waals surface area (Å²) in [6, 6.07) is 0. The lowest BCUT2D eigenvalue weighted by atomic mass is 9.43. The van der Waals surface area contributed by atoms with Gasteiger partial charge in [-0.15, -0.1) is 0 Å². The molecular weight excluding hydrogens is 369 g/mol. The fourth-order valence-electron chi connectivity index (χ4n) is 3.67. The first-order chi connectivity index (χ1) is 14.2. The minimum Gasteiger partial charge on any atom is -0.462 e. The molecule has 2 aromatic heterocycles. The van der Waals surface area contributed by atoms with Gasteiger partial charge in [-0.2, -0.15) is 0 Å². The fraction of sp³-hybridized carbons (Fsp3) is 0.474. The Morgan fingerprint density at radius 1 is 1.14 bits per heavy atom. The number of carbonyl (C=O) groups excluding carboxylic acids is 1. The van der Waals surface area contributed by atoms with Crippen molar-refractivity contribution in [2.24, 2.45) is 0 Å². The van der Waals surface area contributed by atoms with Crippen LogP contribution in [0.2, 0.25) is 6.32 Å². The maximum absolute atomic E-state index is 11.7. The predicted molar refractivity (Wildman–Crippen MR) is 108 cm³/mol. The van der Waals surface area contributed by atoms with E-state index in [9.17, 15) is 4.79 Å². The lowest BCUT2D eigenvalue weighted by Gasteiger charge is -2.35. The van der Waals surface area contributed by atoms with E-state index in [-0.39, 0.29) is 6.71 Å². The van der Waals surface area contributed by atoms with Gasteiger partial charge in [-0.25, -0.2) is 30.0 Å². The molecule has 0 atom stereocenters. The van der Waals surface area contributed by atoms with E-state index in [0.29, 0.717) is 18.1 Å². The Morgan fingerprint density at radius 3 is 2.45 bits per heavy atom. The standard InChI is InChI=1S/C19H22BN7O2/c1-2-29-17(28)15-11-22-18(23-12-15)26-5-7-27(8-6-26)19-24-10-14-9-20(13-21)4-3-16(14)25-19/h10-12H,2-9H2,1H3. The second kappa shape index (κ2) is 8.43. The molecule has 0 radical (unpaired) electrons. The van der Waals surface area contributed by atoms with Crippen LogP contribution in [0.1, 0.15) is 28.5 Å². The van der Waals surface area contributed by atoms with Crippen molar-refractivity contribution in [1.82, 2.24) is 19.9 Å². The second-order valence-corrected chi connectivity index (χ2v) is 7.18. The Hall–Kier alpha value is -3.22. The number of aromatic nitrogens is 4. The highest BCUT2D eigenvalue weighted by atomic mass is 16.5. The molecule has 0 aliphatic carbocycles. The fourth-order valence-corrected chi connectivity index (χ4v) is 3.67. The summed E-state index contributed by atoms with van der Waals surface area (Å²) in [4.78, 5) is 33.9. The molecule has 9 nitrogen and oxygen atoms in total. The van der Waals surface area contributed by atoms with Crippen molar-refractivity contribution in [1.29, 1.82) is 5.26 Å². The van der Waals surface area contributed by atoms with E-state index in [1.54, 1.807) is 6.92 Å². The number of ether oxygens (including phenoxy) is 1. The summed E-state index contributed by atoms with van der Waals surface area (Å²) < 4.78 is 4.96. The first-order valence-corrected chi connectivity index (χ1v) is 9.91. The van der Waals surface area contributed by atoms with Crippen molar-refractivity contribution in [2.45, 2.75) is 26.0 Å². The average molecular weight is 391 g/mol. The molecular formula is C19H22BN7O2. The van der Waals surface area contributed by atoms with Gasteiger partial charge in [0.25, 0.3) is 6.71 Å². The summed E-state index contributed by atoms with van der Waals surface area (Å²) in [7, 11) is 0. The Kier molecular flexibility index (Phi) is 5.56. The molecule has 2 aromatic rings. The van der Waals surface area contributed by atoms with Crippen LogP contribution in [0.15, 0.2) is 18.6 Å². The molecule has 0 bridgehead atoms. The molecule has 2 aliphatic rings. The van der Waals surface area contributed by atoms with E-state index in [1.165, 1.54) is 12.4 Å². The first kappa shape index (κ1) is 19.1. The number of hydrogen-bond donors (Lipinski definition) is 0. The van der Waals surface area contributed by atoms with Crippen molar-refractivity contribution in [3.05, 3.63) is 35.4 Å². The number of fused-ring (bicyclic) bond motifs is 1. The van der Waals surface area contributed by atoms with E-state index in [1.807, 2.05) is 6.20 Å². The highest BCUT2D eigenvalue weighted by Gasteiger charge is 2.26. The summed E-state index contributed by atoms with van der Waals surface area (Å²) >= 11 is 0. The van der Waals surface area contributed by atoms with Gasteiger partial charge in [0.2, 0.25) is 11.9 Å². The SMILES string of the molecule is CCOC(=O)c1cnc(N2CCN(c3ncc4c(n3)CCB(C#N)C4)CC2)nc1. The van der Waals surface area contributed by atoms with Gasteiger partial charge in [0, 0.05) is 56.4 Å². The van der Waals surface area contributed by atoms with Crippen molar-refractivity contribution >= 4 is 24.6 Å². The molecule has 1 saturated heterocycles. The third-order valence-electron chi connectivity index (χ3n) is 5.31. The van der Waals surface area contributed by atoms with Gasteiger partial charge in [-0.3, -0.25) is 0 Å². The number of esters is 1. The van der Waals surface area contributed by atoms with E-state index in [4.69, 9.17) is 15.0 Å². The zero-order valence-corrected chi connectivity index (χ0v) is 16.4. The van der Waals surface area contributed by atoms with Crippen LogP contribution >= 0.6 is 0 Å². The van der Waals surface area contributed by atoms with Crippen LogP contribution < -0.4 is 9.80 Å². The number of piperazine rings is 1. The van der Waals surface area contributed by atoms with Crippen molar-refractivity contribution < 1.29 is 9.53 Å². The minimum atomic E-state index is -0.408. The number of carbonyl (C=O) groups is 1. The average Bonchev–Trinajstić information content (AvgIpc) is 2.79. The summed E-state index contributed by atoms with van der Waals surface area (Å²) in [5.74, 6) is 3.29. The molecule has 4 rings (SSSR count). The van der Waals surface area contributed by atoms with Crippen LogP contribution in [0.3, 0.4) is 0 Å². The maximum atomic E-state index is 11.7. The van der Waals surface area contributed by atoms with Crippen LogP contribution in [-0.2, 0) is 17.5 Å². The van der Waals surface area contributed by atoms with Gasteiger partial charge < -0.3 is 14.5 Å². The third kappa shape index (κ3) is 4.13. The molecule has 2 aliphatic heterocycles. The van der Waals surface area contributed by atoms with Gasteiger partial charge in [0.15, 0.2) is 0 Å². The smallest absolute Gasteiger partial charge is 0.341 e. The Morgan fingerprint density at radius 2 is 1.79 bits per heavy atom. The molecule has 0 unspecified atom stereocenters. The first-order valence-electron chi connectivity index (χ1n) is 9.91. The number of hydrogen-bond acceptors (Lipinski definition) is 9. The molecule has 1 fully saturated rings. The zero-order valence-electron chi connectivity index (χ0n) is 16.4. The summed E-state index contributed by atoms with van der Waals surface area (Å²) in [6.45, 7) is 5.20. The van der Waals surface area contributed by atoms with Crippen LogP contribution in [0.25, 0.3) is 0 Å². The number of aryl methyl sites for hydroxylation is 1. The Bertz CT molecular complexity index is 923. The summed E-state index contributed by atoms with van der Waals surface area (Å²) in [5.41, 5.74) is 2.53. The van der Waals surface area contributed by atoms with Crippen molar-refractivity contribution in [3.8, 4) is 5.97 Å². The van der Waals surface area contributed by atoms with Crippen molar-refractivity contribution in [2.75, 3.05) is 42.6 Å². The molecule has 0 aromatic carbocycles. The monoisotopic (exact) mass is 391 g/mol. The zero-order chi connectivity index (χ0) is 20.2. The van der Waals surface area contributed by atoms with Crippen LogP contribution in [0, 0.1) is 11.2 Å². The Balaban J connectivity index is 1.37.